The third-order valence-electron chi connectivity index (χ3n) is 5.59. The van der Waals surface area contributed by atoms with E-state index in [2.05, 4.69) is 44.2 Å². The first-order valence-corrected chi connectivity index (χ1v) is 9.89. The van der Waals surface area contributed by atoms with Crippen molar-refractivity contribution in [3.05, 3.63) is 59.7 Å². The molecule has 28 heavy (non-hydrogen) atoms. The van der Waals surface area contributed by atoms with Crippen molar-refractivity contribution in [2.75, 3.05) is 27.4 Å². The van der Waals surface area contributed by atoms with E-state index in [1.807, 2.05) is 24.4 Å². The molecule has 1 saturated heterocycles. The van der Waals surface area contributed by atoms with Crippen molar-refractivity contribution >= 4 is 6.21 Å². The van der Waals surface area contributed by atoms with Gasteiger partial charge in [-0.1, -0.05) is 30.3 Å². The minimum absolute atomic E-state index is 0.109. The van der Waals surface area contributed by atoms with Gasteiger partial charge in [0.1, 0.15) is 0 Å². The third kappa shape index (κ3) is 4.74. The van der Waals surface area contributed by atoms with Crippen LogP contribution >= 0.6 is 0 Å². The molecule has 4 heteroatoms. The predicted molar refractivity (Wildman–Crippen MR) is 114 cm³/mol. The molecule has 0 bridgehead atoms. The quantitative estimate of drug-likeness (QED) is 0.631. The number of hydrogen-bond donors (Lipinski definition) is 0. The lowest BCUT2D eigenvalue weighted by Gasteiger charge is -2.45. The molecule has 0 aromatic heterocycles. The molecule has 0 radical (unpaired) electrons. The minimum Gasteiger partial charge on any atom is -0.493 e. The molecular weight excluding hydrogens is 350 g/mol. The van der Waals surface area contributed by atoms with Gasteiger partial charge in [0.2, 0.25) is 0 Å². The predicted octanol–water partition coefficient (Wildman–Crippen LogP) is 5.04. The lowest BCUT2D eigenvalue weighted by atomic mass is 9.67. The molecule has 1 aliphatic heterocycles. The van der Waals surface area contributed by atoms with E-state index in [0.717, 1.165) is 49.5 Å². The highest BCUT2D eigenvalue weighted by Crippen LogP contribution is 2.44. The van der Waals surface area contributed by atoms with E-state index >= 15 is 0 Å². The second-order valence-electron chi connectivity index (χ2n) is 8.08. The number of methoxy groups -OCH3 is 2. The van der Waals surface area contributed by atoms with Crippen LogP contribution in [0.15, 0.2) is 53.5 Å². The van der Waals surface area contributed by atoms with E-state index in [9.17, 15) is 0 Å². The fourth-order valence-electron chi connectivity index (χ4n) is 4.25. The monoisotopic (exact) mass is 381 g/mol. The van der Waals surface area contributed by atoms with Crippen molar-refractivity contribution in [1.29, 1.82) is 0 Å². The lowest BCUT2D eigenvalue weighted by Crippen LogP contribution is -2.44. The Labute approximate surface area is 168 Å². The van der Waals surface area contributed by atoms with Gasteiger partial charge in [0, 0.05) is 24.8 Å². The average Bonchev–Trinajstić information content (AvgIpc) is 2.71. The molecule has 2 aromatic rings. The number of rotatable bonds is 7. The van der Waals surface area contributed by atoms with Crippen LogP contribution in [0.2, 0.25) is 0 Å². The largest absolute Gasteiger partial charge is 0.493 e. The highest BCUT2D eigenvalue weighted by Gasteiger charge is 2.41. The molecule has 0 saturated carbocycles. The molecule has 0 N–H and O–H groups in total. The molecule has 4 nitrogen and oxygen atoms in total. The van der Waals surface area contributed by atoms with E-state index in [1.54, 1.807) is 14.2 Å². The highest BCUT2D eigenvalue weighted by molar-refractivity contribution is 5.80. The zero-order valence-electron chi connectivity index (χ0n) is 17.4. The van der Waals surface area contributed by atoms with Crippen molar-refractivity contribution < 1.29 is 14.2 Å². The summed E-state index contributed by atoms with van der Waals surface area (Å²) in [6, 6.07) is 16.7. The van der Waals surface area contributed by atoms with Crippen molar-refractivity contribution in [3.63, 3.8) is 0 Å². The van der Waals surface area contributed by atoms with Gasteiger partial charge >= 0.3 is 0 Å². The minimum atomic E-state index is -0.110. The van der Waals surface area contributed by atoms with Gasteiger partial charge in [-0.25, -0.2) is 0 Å². The van der Waals surface area contributed by atoms with Crippen LogP contribution in [0.25, 0.3) is 0 Å². The Morgan fingerprint density at radius 1 is 1.04 bits per heavy atom. The number of hydrogen-bond acceptors (Lipinski definition) is 4. The van der Waals surface area contributed by atoms with Gasteiger partial charge < -0.3 is 14.2 Å². The van der Waals surface area contributed by atoms with Crippen molar-refractivity contribution in [2.45, 2.75) is 44.1 Å². The molecule has 1 aliphatic rings. The van der Waals surface area contributed by atoms with E-state index < -0.39 is 0 Å². The Morgan fingerprint density at radius 2 is 1.79 bits per heavy atom. The van der Waals surface area contributed by atoms with Gasteiger partial charge in [0.15, 0.2) is 11.5 Å². The highest BCUT2D eigenvalue weighted by atomic mass is 16.5. The van der Waals surface area contributed by atoms with Crippen LogP contribution < -0.4 is 9.47 Å². The molecule has 150 valence electrons. The number of ether oxygens (including phenoxy) is 3. The SMILES string of the molecule is COc1ccc(C=NCCC2(c3ccccc3)CCOC(C)(C)C2)cc1OC. The van der Waals surface area contributed by atoms with Crippen LogP contribution in [0.3, 0.4) is 0 Å². The molecule has 1 fully saturated rings. The maximum atomic E-state index is 6.00. The smallest absolute Gasteiger partial charge is 0.161 e. The average molecular weight is 382 g/mol. The Bertz CT molecular complexity index is 801. The van der Waals surface area contributed by atoms with Crippen LogP contribution in [0, 0.1) is 0 Å². The van der Waals surface area contributed by atoms with Crippen molar-refractivity contribution in [3.8, 4) is 11.5 Å². The van der Waals surface area contributed by atoms with Crippen LogP contribution in [0.4, 0.5) is 0 Å². The zero-order valence-corrected chi connectivity index (χ0v) is 17.4. The summed E-state index contributed by atoms with van der Waals surface area (Å²) in [6.07, 6.45) is 4.97. The Kier molecular flexibility index (Phi) is 6.40. The first kappa shape index (κ1) is 20.4. The molecule has 0 amide bonds. The summed E-state index contributed by atoms with van der Waals surface area (Å²) in [4.78, 5) is 4.72. The van der Waals surface area contributed by atoms with Gasteiger partial charge in [0.05, 0.1) is 19.8 Å². The zero-order chi connectivity index (χ0) is 20.0. The van der Waals surface area contributed by atoms with Crippen LogP contribution in [0.5, 0.6) is 11.5 Å². The first-order valence-electron chi connectivity index (χ1n) is 9.89. The van der Waals surface area contributed by atoms with Crippen molar-refractivity contribution in [1.82, 2.24) is 0 Å². The van der Waals surface area contributed by atoms with E-state index in [0.29, 0.717) is 0 Å². The fraction of sp³-hybridized carbons (Fsp3) is 0.458. The third-order valence-corrected chi connectivity index (χ3v) is 5.59. The van der Waals surface area contributed by atoms with E-state index in [-0.39, 0.29) is 11.0 Å². The Morgan fingerprint density at radius 3 is 2.46 bits per heavy atom. The van der Waals surface area contributed by atoms with Gasteiger partial charge in [-0.2, -0.15) is 0 Å². The molecule has 2 aromatic carbocycles. The number of nitrogens with zero attached hydrogens (tertiary/aromatic N) is 1. The van der Waals surface area contributed by atoms with Crippen LogP contribution in [0.1, 0.15) is 44.2 Å². The van der Waals surface area contributed by atoms with Gasteiger partial charge in [0.25, 0.3) is 0 Å². The standard InChI is InChI=1S/C24H31NO3/c1-23(2)18-24(13-15-28-23,20-8-6-5-7-9-20)12-14-25-17-19-10-11-21(26-3)22(16-19)27-4/h5-11,16-17H,12-15,18H2,1-4H3. The summed E-state index contributed by atoms with van der Waals surface area (Å²) < 4.78 is 16.7. The molecule has 0 aliphatic carbocycles. The van der Waals surface area contributed by atoms with Gasteiger partial charge in [-0.3, -0.25) is 4.99 Å². The van der Waals surface area contributed by atoms with Gasteiger partial charge in [-0.05, 0) is 62.4 Å². The fourth-order valence-corrected chi connectivity index (χ4v) is 4.25. The summed E-state index contributed by atoms with van der Waals surface area (Å²) in [7, 11) is 3.29. The summed E-state index contributed by atoms with van der Waals surface area (Å²) in [5.74, 6) is 1.45. The maximum absolute atomic E-state index is 6.00. The van der Waals surface area contributed by atoms with Crippen LogP contribution in [-0.4, -0.2) is 39.2 Å². The summed E-state index contributed by atoms with van der Waals surface area (Å²) >= 11 is 0. The number of benzene rings is 2. The Balaban J connectivity index is 1.73. The summed E-state index contributed by atoms with van der Waals surface area (Å²) in [6.45, 7) is 5.95. The normalized spacial score (nSPS) is 21.6. The second-order valence-corrected chi connectivity index (χ2v) is 8.08. The number of aliphatic imine (C=N–C) groups is 1. The van der Waals surface area contributed by atoms with Gasteiger partial charge in [-0.15, -0.1) is 0 Å². The van der Waals surface area contributed by atoms with Crippen LogP contribution in [-0.2, 0) is 10.2 Å². The lowest BCUT2D eigenvalue weighted by molar-refractivity contribution is -0.0836. The maximum Gasteiger partial charge on any atom is 0.161 e. The molecule has 3 rings (SSSR count). The van der Waals surface area contributed by atoms with E-state index in [1.165, 1.54) is 5.56 Å². The summed E-state index contributed by atoms with van der Waals surface area (Å²) in [5, 5.41) is 0. The second kappa shape index (κ2) is 8.78. The molecule has 1 unspecified atom stereocenters. The van der Waals surface area contributed by atoms with E-state index in [4.69, 9.17) is 19.2 Å². The molecule has 0 spiro atoms. The summed E-state index contributed by atoms with van der Waals surface area (Å²) in [5.41, 5.74) is 2.41. The molecule has 1 atom stereocenters. The Hall–Kier alpha value is -2.33. The first-order chi connectivity index (χ1) is 13.5. The molecular formula is C24H31NO3. The topological polar surface area (TPSA) is 40.0 Å². The molecule has 1 heterocycles. The van der Waals surface area contributed by atoms with Crippen molar-refractivity contribution in [2.24, 2.45) is 4.99 Å².